The number of ether oxygens (including phenoxy) is 1. The van der Waals surface area contributed by atoms with Crippen LogP contribution in [0.4, 0.5) is 10.3 Å². The summed E-state index contributed by atoms with van der Waals surface area (Å²) in [7, 11) is 1.73. The molecule has 1 aliphatic heterocycles. The minimum atomic E-state index is -0.495. The van der Waals surface area contributed by atoms with Gasteiger partial charge in [-0.2, -0.15) is 10.1 Å². The zero-order valence-electron chi connectivity index (χ0n) is 14.4. The van der Waals surface area contributed by atoms with Crippen LogP contribution < -0.4 is 15.4 Å². The molecule has 1 aromatic heterocycles. The summed E-state index contributed by atoms with van der Waals surface area (Å²) >= 11 is 0. The summed E-state index contributed by atoms with van der Waals surface area (Å²) in [5, 5.41) is 10.4. The van der Waals surface area contributed by atoms with Crippen molar-refractivity contribution in [3.05, 3.63) is 35.4 Å². The first-order valence-corrected chi connectivity index (χ1v) is 8.33. The Balaban J connectivity index is 1.59. The van der Waals surface area contributed by atoms with E-state index in [4.69, 9.17) is 4.74 Å². The van der Waals surface area contributed by atoms with Crippen molar-refractivity contribution in [2.24, 2.45) is 7.05 Å². The minimum Gasteiger partial charge on any atom is -0.481 e. The summed E-state index contributed by atoms with van der Waals surface area (Å²) in [4.78, 5) is 16.5. The van der Waals surface area contributed by atoms with E-state index in [1.54, 1.807) is 23.9 Å². The van der Waals surface area contributed by atoms with Gasteiger partial charge in [0.15, 0.2) is 24.0 Å². The molecule has 0 saturated carbocycles. The number of carbonyl (C=O) groups is 1. The molecule has 0 aliphatic carbocycles. The van der Waals surface area contributed by atoms with Crippen molar-refractivity contribution in [3.8, 4) is 5.75 Å². The van der Waals surface area contributed by atoms with Crippen molar-refractivity contribution < 1.29 is 13.9 Å². The molecule has 1 saturated heterocycles. The number of nitrogens with one attached hydrogen (secondary N) is 2. The molecule has 2 N–H and O–H groups in total. The number of nitrogens with zero attached hydrogens (tertiary/aromatic N) is 3. The lowest BCUT2D eigenvalue weighted by Crippen LogP contribution is -2.27. The molecule has 2 aromatic rings. The Labute approximate surface area is 145 Å². The summed E-state index contributed by atoms with van der Waals surface area (Å²) in [5.41, 5.74) is 0.858. The van der Waals surface area contributed by atoms with Gasteiger partial charge in [-0.15, -0.1) is 0 Å². The fourth-order valence-corrected chi connectivity index (χ4v) is 2.79. The number of amides is 1. The lowest BCUT2D eigenvalue weighted by Gasteiger charge is -2.19. The topological polar surface area (TPSA) is 81.1 Å². The first kappa shape index (κ1) is 17.3. The third kappa shape index (κ3) is 4.33. The van der Waals surface area contributed by atoms with Gasteiger partial charge in [0.05, 0.1) is 0 Å². The molecule has 8 heteroatoms. The SMILES string of the molecule is Cc1ccc(F)c(OCC(=O)Nc2nc(C3CCNCC3)nn2C)c1. The lowest BCUT2D eigenvalue weighted by molar-refractivity contribution is -0.118. The van der Waals surface area contributed by atoms with Gasteiger partial charge < -0.3 is 10.1 Å². The summed E-state index contributed by atoms with van der Waals surface area (Å²) < 4.78 is 20.4. The van der Waals surface area contributed by atoms with Gasteiger partial charge in [0.1, 0.15) is 0 Å². The predicted octanol–water partition coefficient (Wildman–Crippen LogP) is 1.75. The van der Waals surface area contributed by atoms with Crippen LogP contribution >= 0.6 is 0 Å². The quantitative estimate of drug-likeness (QED) is 0.861. The normalized spacial score (nSPS) is 15.2. The van der Waals surface area contributed by atoms with Crippen LogP contribution in [0, 0.1) is 12.7 Å². The van der Waals surface area contributed by atoms with Crippen LogP contribution in [0.1, 0.15) is 30.1 Å². The van der Waals surface area contributed by atoms with Gasteiger partial charge in [0.25, 0.3) is 5.91 Å². The Morgan fingerprint density at radius 3 is 2.96 bits per heavy atom. The molecule has 1 fully saturated rings. The standard InChI is InChI=1S/C17H22FN5O2/c1-11-3-4-13(18)14(9-11)25-10-15(24)20-17-21-16(22-23(17)2)12-5-7-19-8-6-12/h3-4,9,12,19H,5-8,10H2,1-2H3,(H,20,21,22,24). The zero-order valence-corrected chi connectivity index (χ0v) is 14.4. The van der Waals surface area contributed by atoms with E-state index in [1.807, 2.05) is 6.92 Å². The average molecular weight is 347 g/mol. The van der Waals surface area contributed by atoms with Crippen molar-refractivity contribution in [2.45, 2.75) is 25.7 Å². The molecule has 3 rings (SSSR count). The highest BCUT2D eigenvalue weighted by molar-refractivity contribution is 5.90. The van der Waals surface area contributed by atoms with E-state index < -0.39 is 11.7 Å². The summed E-state index contributed by atoms with van der Waals surface area (Å²) in [6.07, 6.45) is 1.96. The largest absolute Gasteiger partial charge is 0.481 e. The Bertz CT molecular complexity index is 755. The van der Waals surface area contributed by atoms with E-state index in [9.17, 15) is 9.18 Å². The molecular weight excluding hydrogens is 325 g/mol. The molecule has 2 heterocycles. The van der Waals surface area contributed by atoms with Gasteiger partial charge in [0.2, 0.25) is 5.95 Å². The molecule has 7 nitrogen and oxygen atoms in total. The predicted molar refractivity (Wildman–Crippen MR) is 91.1 cm³/mol. The van der Waals surface area contributed by atoms with Crippen LogP contribution in [0.25, 0.3) is 0 Å². The number of hydrogen-bond donors (Lipinski definition) is 2. The minimum absolute atomic E-state index is 0.0588. The van der Waals surface area contributed by atoms with Crippen molar-refractivity contribution in [3.63, 3.8) is 0 Å². The number of aromatic nitrogens is 3. The molecule has 25 heavy (non-hydrogen) atoms. The molecule has 1 aromatic carbocycles. The first-order chi connectivity index (χ1) is 12.0. The summed E-state index contributed by atoms with van der Waals surface area (Å²) in [5.74, 6) is 0.564. The van der Waals surface area contributed by atoms with E-state index in [0.717, 1.165) is 37.3 Å². The van der Waals surface area contributed by atoms with Crippen LogP contribution in [-0.4, -0.2) is 40.4 Å². The highest BCUT2D eigenvalue weighted by Crippen LogP contribution is 2.23. The molecule has 134 valence electrons. The van der Waals surface area contributed by atoms with Gasteiger partial charge in [-0.25, -0.2) is 9.07 Å². The monoisotopic (exact) mass is 347 g/mol. The van der Waals surface area contributed by atoms with Gasteiger partial charge in [-0.05, 0) is 50.6 Å². The Morgan fingerprint density at radius 1 is 1.44 bits per heavy atom. The van der Waals surface area contributed by atoms with E-state index in [0.29, 0.717) is 11.9 Å². The molecule has 0 atom stereocenters. The van der Waals surface area contributed by atoms with Crippen LogP contribution in [0.2, 0.25) is 0 Å². The fraction of sp³-hybridized carbons (Fsp3) is 0.471. The maximum atomic E-state index is 13.6. The highest BCUT2D eigenvalue weighted by atomic mass is 19.1. The molecule has 0 unspecified atom stereocenters. The van der Waals surface area contributed by atoms with Gasteiger partial charge in [0, 0.05) is 13.0 Å². The number of benzene rings is 1. The molecule has 0 spiro atoms. The van der Waals surface area contributed by atoms with Crippen LogP contribution in [0.15, 0.2) is 18.2 Å². The zero-order chi connectivity index (χ0) is 17.8. The maximum Gasteiger partial charge on any atom is 0.264 e. The Morgan fingerprint density at radius 2 is 2.20 bits per heavy atom. The van der Waals surface area contributed by atoms with Crippen LogP contribution in [0.3, 0.4) is 0 Å². The van der Waals surface area contributed by atoms with Crippen molar-refractivity contribution in [1.82, 2.24) is 20.1 Å². The fourth-order valence-electron chi connectivity index (χ4n) is 2.79. The third-order valence-electron chi connectivity index (χ3n) is 4.18. The highest BCUT2D eigenvalue weighted by Gasteiger charge is 2.21. The number of halogens is 1. The van der Waals surface area contributed by atoms with Crippen LogP contribution in [-0.2, 0) is 11.8 Å². The number of rotatable bonds is 5. The molecular formula is C17H22FN5O2. The van der Waals surface area contributed by atoms with E-state index in [-0.39, 0.29) is 12.4 Å². The number of carbonyl (C=O) groups excluding carboxylic acids is 1. The molecule has 0 radical (unpaired) electrons. The molecule has 1 amide bonds. The summed E-state index contributed by atoms with van der Waals surface area (Å²) in [6, 6.07) is 4.51. The maximum absolute atomic E-state index is 13.6. The van der Waals surface area contributed by atoms with E-state index >= 15 is 0 Å². The third-order valence-corrected chi connectivity index (χ3v) is 4.18. The number of aryl methyl sites for hydroxylation is 2. The number of piperidine rings is 1. The lowest BCUT2D eigenvalue weighted by atomic mass is 9.98. The second-order valence-corrected chi connectivity index (χ2v) is 6.21. The number of anilines is 1. The summed E-state index contributed by atoms with van der Waals surface area (Å²) in [6.45, 7) is 3.42. The second-order valence-electron chi connectivity index (χ2n) is 6.21. The van der Waals surface area contributed by atoms with E-state index in [1.165, 1.54) is 6.07 Å². The van der Waals surface area contributed by atoms with Crippen molar-refractivity contribution >= 4 is 11.9 Å². The first-order valence-electron chi connectivity index (χ1n) is 8.33. The van der Waals surface area contributed by atoms with Gasteiger partial charge in [-0.3, -0.25) is 10.1 Å². The van der Waals surface area contributed by atoms with Crippen molar-refractivity contribution in [1.29, 1.82) is 0 Å². The number of hydrogen-bond acceptors (Lipinski definition) is 5. The molecule has 1 aliphatic rings. The molecule has 0 bridgehead atoms. The Kier molecular flexibility index (Phi) is 5.28. The average Bonchev–Trinajstić information content (AvgIpc) is 2.97. The van der Waals surface area contributed by atoms with Crippen LogP contribution in [0.5, 0.6) is 5.75 Å². The second kappa shape index (κ2) is 7.60. The van der Waals surface area contributed by atoms with Crippen molar-refractivity contribution in [2.75, 3.05) is 25.0 Å². The van der Waals surface area contributed by atoms with Gasteiger partial charge >= 0.3 is 0 Å². The van der Waals surface area contributed by atoms with Gasteiger partial charge in [-0.1, -0.05) is 6.07 Å². The Hall–Kier alpha value is -2.48. The smallest absolute Gasteiger partial charge is 0.264 e. The van der Waals surface area contributed by atoms with E-state index in [2.05, 4.69) is 20.7 Å².